The van der Waals surface area contributed by atoms with E-state index >= 15 is 0 Å². The lowest BCUT2D eigenvalue weighted by molar-refractivity contribution is -0.142. The van der Waals surface area contributed by atoms with E-state index in [-0.39, 0.29) is 0 Å². The van der Waals surface area contributed by atoms with E-state index in [1.165, 1.54) is 18.4 Å². The van der Waals surface area contributed by atoms with E-state index < -0.39 is 17.9 Å². The zero-order chi connectivity index (χ0) is 19.5. The molecule has 8 heteroatoms. The third-order valence-electron chi connectivity index (χ3n) is 4.39. The van der Waals surface area contributed by atoms with Crippen LogP contribution in [0.25, 0.3) is 21.5 Å². The first-order valence-corrected chi connectivity index (χ1v) is 10.4. The number of esters is 1. The van der Waals surface area contributed by atoms with Crippen LogP contribution in [0.1, 0.15) is 16.1 Å². The van der Waals surface area contributed by atoms with Crippen molar-refractivity contribution in [1.82, 2.24) is 15.3 Å². The molecule has 4 rings (SSSR count). The van der Waals surface area contributed by atoms with Gasteiger partial charge < -0.3 is 15.0 Å². The lowest BCUT2D eigenvalue weighted by atomic mass is 10.0. The second-order valence-electron chi connectivity index (χ2n) is 6.16. The quantitative estimate of drug-likeness (QED) is 0.472. The van der Waals surface area contributed by atoms with Crippen LogP contribution in [0.3, 0.4) is 0 Å². The Balaban J connectivity index is 1.53. The number of aromatic amines is 1. The second kappa shape index (κ2) is 7.95. The highest BCUT2D eigenvalue weighted by atomic mass is 32.1. The Hall–Kier alpha value is -2.97. The number of rotatable bonds is 6. The fraction of sp³-hybridized carbons (Fsp3) is 0.150. The lowest BCUT2D eigenvalue weighted by Gasteiger charge is -2.15. The van der Waals surface area contributed by atoms with Gasteiger partial charge in [0.05, 0.1) is 7.11 Å². The van der Waals surface area contributed by atoms with E-state index in [1.807, 2.05) is 47.3 Å². The maximum absolute atomic E-state index is 12.7. The van der Waals surface area contributed by atoms with Crippen molar-refractivity contribution >= 4 is 45.5 Å². The van der Waals surface area contributed by atoms with Gasteiger partial charge in [-0.1, -0.05) is 18.2 Å². The molecule has 3 heterocycles. The normalized spacial score (nSPS) is 12.0. The minimum Gasteiger partial charge on any atom is -0.467 e. The summed E-state index contributed by atoms with van der Waals surface area (Å²) in [6.07, 6.45) is 2.17. The fourth-order valence-corrected chi connectivity index (χ4v) is 4.50. The van der Waals surface area contributed by atoms with Gasteiger partial charge in [-0.05, 0) is 23.1 Å². The van der Waals surface area contributed by atoms with Crippen molar-refractivity contribution in [1.29, 1.82) is 0 Å². The van der Waals surface area contributed by atoms with E-state index in [4.69, 9.17) is 4.74 Å². The number of nitrogens with zero attached hydrogens (tertiary/aromatic N) is 1. The molecule has 0 spiro atoms. The summed E-state index contributed by atoms with van der Waals surface area (Å²) in [5, 5.41) is 10.2. The van der Waals surface area contributed by atoms with Crippen molar-refractivity contribution in [2.24, 2.45) is 0 Å². The first-order valence-electron chi connectivity index (χ1n) is 8.57. The number of para-hydroxylation sites is 1. The molecule has 3 aromatic heterocycles. The summed E-state index contributed by atoms with van der Waals surface area (Å²) < 4.78 is 4.89. The molecule has 0 saturated carbocycles. The van der Waals surface area contributed by atoms with Gasteiger partial charge in [-0.2, -0.15) is 11.3 Å². The number of thiazole rings is 1. The van der Waals surface area contributed by atoms with E-state index in [1.54, 1.807) is 16.7 Å². The van der Waals surface area contributed by atoms with Crippen LogP contribution in [0, 0.1) is 0 Å². The summed E-state index contributed by atoms with van der Waals surface area (Å²) in [4.78, 5) is 32.5. The van der Waals surface area contributed by atoms with Crippen molar-refractivity contribution in [2.45, 2.75) is 12.5 Å². The largest absolute Gasteiger partial charge is 0.467 e. The number of fused-ring (bicyclic) bond motifs is 1. The maximum atomic E-state index is 12.7. The van der Waals surface area contributed by atoms with Crippen LogP contribution in [-0.4, -0.2) is 35.0 Å². The number of aromatic nitrogens is 2. The topological polar surface area (TPSA) is 84.1 Å². The number of ether oxygens (including phenoxy) is 1. The average molecular weight is 412 g/mol. The van der Waals surface area contributed by atoms with E-state index in [2.05, 4.69) is 15.3 Å². The molecular weight excluding hydrogens is 394 g/mol. The lowest BCUT2D eigenvalue weighted by Crippen LogP contribution is -2.43. The second-order valence-corrected chi connectivity index (χ2v) is 7.80. The van der Waals surface area contributed by atoms with Gasteiger partial charge in [-0.25, -0.2) is 9.78 Å². The number of carbonyl (C=O) groups is 2. The molecule has 6 nitrogen and oxygen atoms in total. The van der Waals surface area contributed by atoms with Gasteiger partial charge in [0.2, 0.25) is 0 Å². The summed E-state index contributed by atoms with van der Waals surface area (Å²) >= 11 is 2.97. The third-order valence-corrected chi connectivity index (χ3v) is 5.97. The highest BCUT2D eigenvalue weighted by Gasteiger charge is 2.25. The highest BCUT2D eigenvalue weighted by Crippen LogP contribution is 2.26. The number of methoxy groups -OCH3 is 1. The zero-order valence-corrected chi connectivity index (χ0v) is 16.6. The Labute approximate surface area is 169 Å². The smallest absolute Gasteiger partial charge is 0.328 e. The van der Waals surface area contributed by atoms with Crippen molar-refractivity contribution in [2.75, 3.05) is 7.11 Å². The molecule has 1 aromatic carbocycles. The molecule has 4 aromatic rings. The van der Waals surface area contributed by atoms with Crippen molar-refractivity contribution in [3.8, 4) is 10.6 Å². The SMILES string of the molecule is COC(=O)C(Cc1c[nH]c2ccccc12)NC(=O)c1csc(-c2ccsc2)n1. The molecule has 0 radical (unpaired) electrons. The molecule has 142 valence electrons. The third kappa shape index (κ3) is 3.69. The summed E-state index contributed by atoms with van der Waals surface area (Å²) in [5.41, 5.74) is 3.19. The number of hydrogen-bond acceptors (Lipinski definition) is 6. The van der Waals surface area contributed by atoms with Crippen LogP contribution in [0.15, 0.2) is 52.7 Å². The van der Waals surface area contributed by atoms with Gasteiger partial charge in [0.25, 0.3) is 5.91 Å². The van der Waals surface area contributed by atoms with Gasteiger partial charge in [0.1, 0.15) is 16.7 Å². The molecule has 0 aliphatic heterocycles. The highest BCUT2D eigenvalue weighted by molar-refractivity contribution is 7.14. The number of thiophene rings is 1. The monoisotopic (exact) mass is 411 g/mol. The molecule has 28 heavy (non-hydrogen) atoms. The molecule has 1 atom stereocenters. The van der Waals surface area contributed by atoms with Gasteiger partial charge in [0.15, 0.2) is 0 Å². The van der Waals surface area contributed by atoms with Crippen LogP contribution in [0.5, 0.6) is 0 Å². The number of H-pyrrole nitrogens is 1. The van der Waals surface area contributed by atoms with Crippen LogP contribution >= 0.6 is 22.7 Å². The van der Waals surface area contributed by atoms with Crippen molar-refractivity contribution in [3.05, 3.63) is 63.9 Å². The predicted molar refractivity (Wildman–Crippen MR) is 111 cm³/mol. The number of amides is 1. The molecule has 0 aliphatic rings. The van der Waals surface area contributed by atoms with Gasteiger partial charge >= 0.3 is 5.97 Å². The minimum atomic E-state index is -0.803. The zero-order valence-electron chi connectivity index (χ0n) is 15.0. The molecule has 0 saturated heterocycles. The molecule has 0 bridgehead atoms. The van der Waals surface area contributed by atoms with Crippen molar-refractivity contribution in [3.63, 3.8) is 0 Å². The van der Waals surface area contributed by atoms with Crippen LogP contribution in [-0.2, 0) is 16.0 Å². The van der Waals surface area contributed by atoms with Crippen LogP contribution in [0.4, 0.5) is 0 Å². The summed E-state index contributed by atoms with van der Waals surface area (Å²) in [6, 6.07) is 8.97. The molecule has 0 fully saturated rings. The first kappa shape index (κ1) is 18.4. The fourth-order valence-electron chi connectivity index (χ4n) is 2.98. The molecule has 1 amide bonds. The van der Waals surface area contributed by atoms with E-state index in [9.17, 15) is 9.59 Å². The summed E-state index contributed by atoms with van der Waals surface area (Å²) in [6.45, 7) is 0. The van der Waals surface area contributed by atoms with E-state index in [0.29, 0.717) is 12.1 Å². The average Bonchev–Trinajstić information content (AvgIpc) is 3.46. The summed E-state index contributed by atoms with van der Waals surface area (Å²) in [7, 11) is 1.31. The molecule has 1 unspecified atom stereocenters. The van der Waals surface area contributed by atoms with Gasteiger partial charge in [0, 0.05) is 39.8 Å². The van der Waals surface area contributed by atoms with Gasteiger partial charge in [-0.3, -0.25) is 4.79 Å². The Kier molecular flexibility index (Phi) is 5.23. The first-order chi connectivity index (χ1) is 13.7. The molecular formula is C20H17N3O3S2. The Morgan fingerprint density at radius 2 is 2.11 bits per heavy atom. The predicted octanol–water partition coefficient (Wildman–Crippen LogP) is 3.87. The van der Waals surface area contributed by atoms with E-state index in [0.717, 1.165) is 27.0 Å². The van der Waals surface area contributed by atoms with Crippen molar-refractivity contribution < 1.29 is 14.3 Å². The van der Waals surface area contributed by atoms with Gasteiger partial charge in [-0.15, -0.1) is 11.3 Å². The Bertz CT molecular complexity index is 1110. The molecule has 2 N–H and O–H groups in total. The maximum Gasteiger partial charge on any atom is 0.328 e. The summed E-state index contributed by atoms with van der Waals surface area (Å²) in [5.74, 6) is -0.889. The van der Waals surface area contributed by atoms with Crippen LogP contribution < -0.4 is 5.32 Å². The Morgan fingerprint density at radius 3 is 2.89 bits per heavy atom. The van der Waals surface area contributed by atoms with Crippen LogP contribution in [0.2, 0.25) is 0 Å². The number of benzene rings is 1. The standard InChI is InChI=1S/C20H17N3O3S2/c1-26-20(25)16(8-13-9-21-15-5-3-2-4-14(13)15)22-18(24)17-11-28-19(23-17)12-6-7-27-10-12/h2-7,9-11,16,21H,8H2,1H3,(H,22,24). The number of nitrogens with one attached hydrogen (secondary N) is 2. The molecule has 0 aliphatic carbocycles. The number of hydrogen-bond donors (Lipinski definition) is 2. The Morgan fingerprint density at radius 1 is 1.25 bits per heavy atom. The number of carbonyl (C=O) groups excluding carboxylic acids is 2. The minimum absolute atomic E-state index is 0.291.